The molecule has 4 N–H and O–H groups in total. The summed E-state index contributed by atoms with van der Waals surface area (Å²) in [5.74, 6) is 0.518. The number of nitrogens with zero attached hydrogens (tertiary/aromatic N) is 4. The lowest BCUT2D eigenvalue weighted by Gasteiger charge is -2.19. The normalized spacial score (nSPS) is 10.5. The van der Waals surface area contributed by atoms with Crippen molar-refractivity contribution in [3.05, 3.63) is 95.9 Å². The minimum Gasteiger partial charge on any atom is -0.497 e. The van der Waals surface area contributed by atoms with Crippen LogP contribution in [-0.2, 0) is 13.1 Å². The summed E-state index contributed by atoms with van der Waals surface area (Å²) < 4.78 is 6.79. The van der Waals surface area contributed by atoms with Crippen LogP contribution in [0.4, 0.5) is 16.3 Å². The highest BCUT2D eigenvalue weighted by Gasteiger charge is 2.15. The Morgan fingerprint density at radius 1 is 1.09 bits per heavy atom. The van der Waals surface area contributed by atoms with Crippen LogP contribution in [-0.4, -0.2) is 43.9 Å². The Bertz CT molecular complexity index is 1320. The number of nitrogens with one attached hydrogen (secondary N) is 1. The van der Waals surface area contributed by atoms with Crippen molar-refractivity contribution in [2.75, 3.05) is 18.2 Å². The molecule has 0 saturated heterocycles. The Hall–Kier alpha value is -4.86. The fourth-order valence-corrected chi connectivity index (χ4v) is 3.43. The molecule has 0 spiro atoms. The smallest absolute Gasteiger partial charge is 0.407 e. The highest BCUT2D eigenvalue weighted by atomic mass is 16.5. The number of carbonyl (C=O) groups is 2. The van der Waals surface area contributed by atoms with Gasteiger partial charge < -0.3 is 20.9 Å². The molecule has 2 aromatic heterocycles. The summed E-state index contributed by atoms with van der Waals surface area (Å²) in [6, 6.07) is 17.5. The molecule has 0 bridgehead atoms. The molecule has 2 amide bonds. The van der Waals surface area contributed by atoms with Crippen molar-refractivity contribution in [1.82, 2.24) is 19.7 Å². The van der Waals surface area contributed by atoms with E-state index in [-0.39, 0.29) is 24.8 Å². The predicted octanol–water partition coefficient (Wildman–Crippen LogP) is 3.79. The lowest BCUT2D eigenvalue weighted by atomic mass is 10.1. The van der Waals surface area contributed by atoms with Gasteiger partial charge in [0.1, 0.15) is 5.75 Å². The summed E-state index contributed by atoms with van der Waals surface area (Å²) in [4.78, 5) is 29.7. The van der Waals surface area contributed by atoms with Gasteiger partial charge in [0.15, 0.2) is 5.82 Å². The number of carbonyl (C=O) groups excluding carboxylic acids is 1. The summed E-state index contributed by atoms with van der Waals surface area (Å²) >= 11 is 0. The summed E-state index contributed by atoms with van der Waals surface area (Å²) in [5, 5.41) is 16.6. The van der Waals surface area contributed by atoms with E-state index in [1.807, 2.05) is 24.3 Å². The van der Waals surface area contributed by atoms with E-state index in [1.165, 1.54) is 4.90 Å². The molecule has 0 radical (unpaired) electrons. The number of ether oxygens (including phenoxy) is 1. The minimum atomic E-state index is -1.04. The molecular weight excluding hydrogens is 448 g/mol. The van der Waals surface area contributed by atoms with Gasteiger partial charge in [0, 0.05) is 30.6 Å². The second-order valence-electron chi connectivity index (χ2n) is 7.73. The zero-order valence-corrected chi connectivity index (χ0v) is 19.0. The number of benzene rings is 2. The van der Waals surface area contributed by atoms with E-state index >= 15 is 0 Å². The first-order valence-corrected chi connectivity index (χ1v) is 10.7. The van der Waals surface area contributed by atoms with E-state index in [0.717, 1.165) is 16.8 Å². The van der Waals surface area contributed by atoms with E-state index in [9.17, 15) is 14.7 Å². The molecule has 0 atom stereocenters. The third-order valence-corrected chi connectivity index (χ3v) is 5.25. The van der Waals surface area contributed by atoms with Gasteiger partial charge in [-0.25, -0.2) is 9.48 Å². The van der Waals surface area contributed by atoms with Gasteiger partial charge in [0.05, 0.1) is 31.2 Å². The third kappa shape index (κ3) is 5.74. The van der Waals surface area contributed by atoms with Crippen LogP contribution >= 0.6 is 0 Å². The Balaban J connectivity index is 1.42. The van der Waals surface area contributed by atoms with Gasteiger partial charge in [-0.2, -0.15) is 0 Å². The zero-order valence-electron chi connectivity index (χ0n) is 19.0. The van der Waals surface area contributed by atoms with Crippen molar-refractivity contribution in [3.63, 3.8) is 0 Å². The fraction of sp³-hybridized carbons (Fsp3) is 0.120. The van der Waals surface area contributed by atoms with Crippen molar-refractivity contribution in [2.45, 2.75) is 13.1 Å². The molecule has 10 nitrogen and oxygen atoms in total. The van der Waals surface area contributed by atoms with Crippen LogP contribution in [0.15, 0.2) is 79.3 Å². The molecule has 0 unspecified atom stereocenters. The first-order valence-electron chi connectivity index (χ1n) is 10.7. The molecule has 0 aliphatic heterocycles. The molecule has 35 heavy (non-hydrogen) atoms. The third-order valence-electron chi connectivity index (χ3n) is 5.25. The molecule has 0 fully saturated rings. The molecule has 4 aromatic rings. The van der Waals surface area contributed by atoms with Crippen molar-refractivity contribution >= 4 is 23.5 Å². The van der Waals surface area contributed by atoms with E-state index in [2.05, 4.69) is 15.4 Å². The molecule has 2 aromatic carbocycles. The van der Waals surface area contributed by atoms with Gasteiger partial charge >= 0.3 is 6.09 Å². The molecule has 10 heteroatoms. The number of hydrogen-bond donors (Lipinski definition) is 3. The molecule has 0 aliphatic rings. The van der Waals surface area contributed by atoms with E-state index in [0.29, 0.717) is 17.0 Å². The van der Waals surface area contributed by atoms with Gasteiger partial charge in [0.25, 0.3) is 5.91 Å². The van der Waals surface area contributed by atoms with Crippen molar-refractivity contribution in [3.8, 4) is 11.4 Å². The van der Waals surface area contributed by atoms with Crippen LogP contribution in [0.5, 0.6) is 5.75 Å². The predicted molar refractivity (Wildman–Crippen MR) is 130 cm³/mol. The zero-order chi connectivity index (χ0) is 24.8. The van der Waals surface area contributed by atoms with E-state index in [1.54, 1.807) is 66.8 Å². The Morgan fingerprint density at radius 3 is 2.54 bits per heavy atom. The van der Waals surface area contributed by atoms with Crippen molar-refractivity contribution in [1.29, 1.82) is 0 Å². The minimum absolute atomic E-state index is 0.171. The Kier molecular flexibility index (Phi) is 6.91. The van der Waals surface area contributed by atoms with Gasteiger partial charge in [-0.05, 0) is 41.5 Å². The molecule has 2 heterocycles. The molecule has 178 valence electrons. The number of carboxylic acid groups (broad SMARTS) is 1. The van der Waals surface area contributed by atoms with Crippen LogP contribution < -0.4 is 15.8 Å². The average molecular weight is 473 g/mol. The monoisotopic (exact) mass is 472 g/mol. The second-order valence-corrected chi connectivity index (χ2v) is 7.73. The molecule has 0 aliphatic carbocycles. The summed E-state index contributed by atoms with van der Waals surface area (Å²) in [5.41, 5.74) is 9.01. The molecule has 0 saturated carbocycles. The maximum atomic E-state index is 12.7. The first-order chi connectivity index (χ1) is 16.9. The average Bonchev–Trinajstić information content (AvgIpc) is 3.24. The summed E-state index contributed by atoms with van der Waals surface area (Å²) in [6.45, 7) is 0.380. The highest BCUT2D eigenvalue weighted by molar-refractivity contribution is 6.05. The van der Waals surface area contributed by atoms with Crippen LogP contribution in [0, 0.1) is 0 Å². The number of nitrogen functional groups attached to an aromatic ring is 1. The Morgan fingerprint density at radius 2 is 1.86 bits per heavy atom. The number of aromatic nitrogens is 3. The van der Waals surface area contributed by atoms with E-state index < -0.39 is 6.09 Å². The van der Waals surface area contributed by atoms with Crippen LogP contribution in [0.1, 0.15) is 21.5 Å². The van der Waals surface area contributed by atoms with Crippen molar-refractivity contribution in [2.24, 2.45) is 0 Å². The second kappa shape index (κ2) is 10.4. The molecule has 4 rings (SSSR count). The maximum Gasteiger partial charge on any atom is 0.407 e. The number of amides is 2. The van der Waals surface area contributed by atoms with Crippen LogP contribution in [0.2, 0.25) is 0 Å². The van der Waals surface area contributed by atoms with Gasteiger partial charge in [-0.15, -0.1) is 5.10 Å². The van der Waals surface area contributed by atoms with Gasteiger partial charge in [0.2, 0.25) is 0 Å². The first kappa shape index (κ1) is 23.3. The quantitative estimate of drug-likeness (QED) is 0.355. The number of nitrogens with two attached hydrogens (primary N) is 1. The largest absolute Gasteiger partial charge is 0.497 e. The Labute approximate surface area is 201 Å². The number of anilines is 2. The molecular formula is C25H24N6O4. The standard InChI is InChI=1S/C25H24N6O4/c1-35-21-6-2-5-20(12-21)31-16-22(26)23(29-31)28-24(32)19-9-7-17(8-10-19)14-30(25(33)34)15-18-4-3-11-27-13-18/h2-13,16H,14-15,26H2,1H3,(H,33,34)(H,28,29,32). The summed E-state index contributed by atoms with van der Waals surface area (Å²) in [6.07, 6.45) is 3.83. The fourth-order valence-electron chi connectivity index (χ4n) is 3.43. The number of methoxy groups -OCH3 is 1. The number of pyridine rings is 1. The number of hydrogen-bond acceptors (Lipinski definition) is 6. The number of rotatable bonds is 8. The van der Waals surface area contributed by atoms with Crippen molar-refractivity contribution < 1.29 is 19.4 Å². The maximum absolute atomic E-state index is 12.7. The van der Waals surface area contributed by atoms with Gasteiger partial charge in [-0.1, -0.05) is 24.3 Å². The summed E-state index contributed by atoms with van der Waals surface area (Å²) in [7, 11) is 1.58. The van der Waals surface area contributed by atoms with E-state index in [4.69, 9.17) is 10.5 Å². The van der Waals surface area contributed by atoms with Gasteiger partial charge in [-0.3, -0.25) is 14.7 Å². The lowest BCUT2D eigenvalue weighted by Crippen LogP contribution is -2.28. The highest BCUT2D eigenvalue weighted by Crippen LogP contribution is 2.22. The SMILES string of the molecule is COc1cccc(-n2cc(N)c(NC(=O)c3ccc(CN(Cc4cccnc4)C(=O)O)cc3)n2)c1. The van der Waals surface area contributed by atoms with Crippen LogP contribution in [0.25, 0.3) is 5.69 Å². The van der Waals surface area contributed by atoms with Crippen LogP contribution in [0.3, 0.4) is 0 Å². The topological polar surface area (TPSA) is 136 Å². The lowest BCUT2D eigenvalue weighted by molar-refractivity contribution is 0.102.